The maximum Gasteiger partial charge on any atom is 0.233 e. The molecular formula is C5H2BrIN4S. The van der Waals surface area contributed by atoms with Crippen LogP contribution in [0.25, 0.3) is 5.13 Å². The van der Waals surface area contributed by atoms with Crippen LogP contribution in [0.15, 0.2) is 16.3 Å². The first-order valence-electron chi connectivity index (χ1n) is 2.95. The summed E-state index contributed by atoms with van der Waals surface area (Å²) < 4.78 is 3.55. The van der Waals surface area contributed by atoms with Crippen LogP contribution in [0, 0.1) is 3.57 Å². The fourth-order valence-electron chi connectivity index (χ4n) is 0.696. The first kappa shape index (κ1) is 8.57. The van der Waals surface area contributed by atoms with E-state index in [2.05, 4.69) is 53.8 Å². The molecule has 0 atom stereocenters. The summed E-state index contributed by atoms with van der Waals surface area (Å²) in [5.74, 6) is 0. The van der Waals surface area contributed by atoms with Crippen molar-refractivity contribution in [3.63, 3.8) is 0 Å². The molecule has 0 saturated carbocycles. The quantitative estimate of drug-likeness (QED) is 0.735. The average Bonchev–Trinajstić information content (AvgIpc) is 2.58. The van der Waals surface area contributed by atoms with Crippen LogP contribution in [0.1, 0.15) is 0 Å². The first-order valence-corrected chi connectivity index (χ1v) is 5.64. The molecule has 0 spiro atoms. The Labute approximate surface area is 94.3 Å². The summed E-state index contributed by atoms with van der Waals surface area (Å²) >= 11 is 6.88. The van der Waals surface area contributed by atoms with Gasteiger partial charge in [0.1, 0.15) is 0 Å². The normalized spacial score (nSPS) is 10.5. The molecule has 12 heavy (non-hydrogen) atoms. The fraction of sp³-hybridized carbons (Fsp3) is 0. The fourth-order valence-corrected chi connectivity index (χ4v) is 2.11. The second kappa shape index (κ2) is 3.38. The molecule has 2 heterocycles. The largest absolute Gasteiger partial charge is 0.233 e. The molecule has 0 bridgehead atoms. The second-order valence-electron chi connectivity index (χ2n) is 1.94. The minimum absolute atomic E-state index is 0.767. The van der Waals surface area contributed by atoms with E-state index in [-0.39, 0.29) is 0 Å². The van der Waals surface area contributed by atoms with Crippen LogP contribution in [0.3, 0.4) is 0 Å². The molecule has 0 aromatic carbocycles. The van der Waals surface area contributed by atoms with E-state index in [9.17, 15) is 0 Å². The van der Waals surface area contributed by atoms with Crippen molar-refractivity contribution in [3.05, 3.63) is 19.9 Å². The van der Waals surface area contributed by atoms with Gasteiger partial charge in [-0.1, -0.05) is 11.3 Å². The van der Waals surface area contributed by atoms with E-state index in [0.29, 0.717) is 0 Å². The third-order valence-corrected chi connectivity index (χ3v) is 3.04. The smallest absolute Gasteiger partial charge is 0.211 e. The zero-order valence-electron chi connectivity index (χ0n) is 5.61. The Hall–Kier alpha value is -0.0200. The van der Waals surface area contributed by atoms with Gasteiger partial charge in [0.05, 0.1) is 9.77 Å². The maximum atomic E-state index is 4.10. The Morgan fingerprint density at radius 3 is 2.83 bits per heavy atom. The molecule has 2 aromatic heterocycles. The zero-order valence-corrected chi connectivity index (χ0v) is 10.2. The van der Waals surface area contributed by atoms with Crippen molar-refractivity contribution >= 4 is 49.9 Å². The standard InChI is InChI=1S/C5H2BrIN4S/c6-4-9-10-5(12-4)11-2-3(7)1-8-11/h1-2H. The Morgan fingerprint density at radius 1 is 1.50 bits per heavy atom. The van der Waals surface area contributed by atoms with Gasteiger partial charge in [0.25, 0.3) is 0 Å². The molecule has 2 rings (SSSR count). The lowest BCUT2D eigenvalue weighted by Crippen LogP contribution is -1.92. The molecular weight excluding hydrogens is 355 g/mol. The third-order valence-electron chi connectivity index (χ3n) is 1.14. The summed E-state index contributed by atoms with van der Waals surface area (Å²) in [5, 5.41) is 12.6. The third kappa shape index (κ3) is 1.67. The van der Waals surface area contributed by atoms with Crippen molar-refractivity contribution in [1.82, 2.24) is 20.0 Å². The lowest BCUT2D eigenvalue weighted by atomic mass is 10.8. The summed E-state index contributed by atoms with van der Waals surface area (Å²) in [5.41, 5.74) is 0. The van der Waals surface area contributed by atoms with Crippen molar-refractivity contribution in [3.8, 4) is 5.13 Å². The van der Waals surface area contributed by atoms with Gasteiger partial charge in [-0.15, -0.1) is 10.2 Å². The minimum atomic E-state index is 0.767. The lowest BCUT2D eigenvalue weighted by molar-refractivity contribution is 0.845. The number of nitrogens with zero attached hydrogens (tertiary/aromatic N) is 4. The maximum absolute atomic E-state index is 4.10. The molecule has 0 aliphatic carbocycles. The molecule has 0 aliphatic rings. The first-order chi connectivity index (χ1) is 5.75. The van der Waals surface area contributed by atoms with Gasteiger partial charge in [0.15, 0.2) is 3.92 Å². The Morgan fingerprint density at radius 2 is 2.33 bits per heavy atom. The summed E-state index contributed by atoms with van der Waals surface area (Å²) in [6, 6.07) is 0. The molecule has 4 nitrogen and oxygen atoms in total. The summed E-state index contributed by atoms with van der Waals surface area (Å²) in [6.45, 7) is 0. The molecule has 62 valence electrons. The second-order valence-corrected chi connectivity index (χ2v) is 5.42. The number of rotatable bonds is 1. The Bertz CT molecular complexity index is 359. The van der Waals surface area contributed by atoms with Crippen LogP contribution >= 0.6 is 49.9 Å². The lowest BCUT2D eigenvalue weighted by Gasteiger charge is -1.88. The molecule has 0 fully saturated rings. The van der Waals surface area contributed by atoms with E-state index >= 15 is 0 Å². The highest BCUT2D eigenvalue weighted by atomic mass is 127. The molecule has 0 aliphatic heterocycles. The Kier molecular flexibility index (Phi) is 2.42. The summed E-state index contributed by atoms with van der Waals surface area (Å²) in [4.78, 5) is 0. The SMILES string of the molecule is Brc1nnc(-n2cc(I)cn2)s1. The van der Waals surface area contributed by atoms with E-state index in [0.717, 1.165) is 12.6 Å². The molecule has 0 radical (unpaired) electrons. The highest BCUT2D eigenvalue weighted by Crippen LogP contribution is 2.19. The van der Waals surface area contributed by atoms with Gasteiger partial charge in [0, 0.05) is 6.20 Å². The number of hydrogen-bond donors (Lipinski definition) is 0. The molecule has 0 N–H and O–H groups in total. The van der Waals surface area contributed by atoms with E-state index < -0.39 is 0 Å². The van der Waals surface area contributed by atoms with Gasteiger partial charge < -0.3 is 0 Å². The topological polar surface area (TPSA) is 43.6 Å². The van der Waals surface area contributed by atoms with E-state index in [1.807, 2.05) is 6.20 Å². The van der Waals surface area contributed by atoms with Gasteiger partial charge in [0.2, 0.25) is 5.13 Å². The number of aromatic nitrogens is 4. The van der Waals surface area contributed by atoms with Crippen LogP contribution < -0.4 is 0 Å². The van der Waals surface area contributed by atoms with Gasteiger partial charge >= 0.3 is 0 Å². The molecule has 2 aromatic rings. The van der Waals surface area contributed by atoms with E-state index in [1.165, 1.54) is 11.3 Å². The highest BCUT2D eigenvalue weighted by Gasteiger charge is 2.04. The Balaban J connectivity index is 2.43. The predicted molar refractivity (Wildman–Crippen MR) is 57.4 cm³/mol. The van der Waals surface area contributed by atoms with Crippen LogP contribution in [0.5, 0.6) is 0 Å². The van der Waals surface area contributed by atoms with Crippen molar-refractivity contribution in [1.29, 1.82) is 0 Å². The predicted octanol–water partition coefficient (Wildman–Crippen LogP) is 2.09. The minimum Gasteiger partial charge on any atom is -0.211 e. The molecule has 7 heteroatoms. The summed E-state index contributed by atoms with van der Waals surface area (Å²) in [6.07, 6.45) is 3.67. The number of halogens is 2. The van der Waals surface area contributed by atoms with Crippen molar-refractivity contribution in [2.75, 3.05) is 0 Å². The molecule has 0 amide bonds. The van der Waals surface area contributed by atoms with Gasteiger partial charge in [-0.2, -0.15) is 5.10 Å². The number of hydrogen-bond acceptors (Lipinski definition) is 4. The van der Waals surface area contributed by atoms with Crippen LogP contribution in [-0.2, 0) is 0 Å². The average molecular weight is 357 g/mol. The van der Waals surface area contributed by atoms with E-state index in [4.69, 9.17) is 0 Å². The zero-order chi connectivity index (χ0) is 8.55. The van der Waals surface area contributed by atoms with Crippen LogP contribution in [0.4, 0.5) is 0 Å². The summed E-state index contributed by atoms with van der Waals surface area (Å²) in [7, 11) is 0. The highest BCUT2D eigenvalue weighted by molar-refractivity contribution is 14.1. The van der Waals surface area contributed by atoms with Crippen molar-refractivity contribution < 1.29 is 0 Å². The molecule has 0 saturated heterocycles. The van der Waals surface area contributed by atoms with Gasteiger partial charge in [-0.3, -0.25) is 0 Å². The van der Waals surface area contributed by atoms with E-state index in [1.54, 1.807) is 10.9 Å². The monoisotopic (exact) mass is 356 g/mol. The van der Waals surface area contributed by atoms with Crippen molar-refractivity contribution in [2.24, 2.45) is 0 Å². The molecule has 0 unspecified atom stereocenters. The van der Waals surface area contributed by atoms with Crippen LogP contribution in [0.2, 0.25) is 0 Å². The van der Waals surface area contributed by atoms with Gasteiger partial charge in [-0.25, -0.2) is 4.68 Å². The van der Waals surface area contributed by atoms with Gasteiger partial charge in [-0.05, 0) is 38.5 Å². The van der Waals surface area contributed by atoms with Crippen molar-refractivity contribution in [2.45, 2.75) is 0 Å². The van der Waals surface area contributed by atoms with Crippen LogP contribution in [-0.4, -0.2) is 20.0 Å².